The predicted octanol–water partition coefficient (Wildman–Crippen LogP) is 6.03. The Bertz CT molecular complexity index is 1040. The number of urea groups is 1. The van der Waals surface area contributed by atoms with Crippen molar-refractivity contribution < 1.29 is 4.79 Å². The molecule has 0 unspecified atom stereocenters. The van der Waals surface area contributed by atoms with Gasteiger partial charge in [0.2, 0.25) is 0 Å². The van der Waals surface area contributed by atoms with Crippen molar-refractivity contribution in [1.29, 1.82) is 0 Å². The van der Waals surface area contributed by atoms with Gasteiger partial charge in [0.25, 0.3) is 0 Å². The molecular formula is C29H29N3O. The van der Waals surface area contributed by atoms with Crippen molar-refractivity contribution in [2.75, 3.05) is 13.6 Å². The highest BCUT2D eigenvalue weighted by Crippen LogP contribution is 2.28. The summed E-state index contributed by atoms with van der Waals surface area (Å²) in [6.07, 6.45) is 2.58. The monoisotopic (exact) mass is 435 g/mol. The first-order valence-electron chi connectivity index (χ1n) is 11.3. The number of rotatable bonds is 8. The number of pyridine rings is 1. The molecule has 0 fully saturated rings. The van der Waals surface area contributed by atoms with E-state index in [1.165, 1.54) is 11.1 Å². The highest BCUT2D eigenvalue weighted by atomic mass is 16.2. The number of carbonyl (C=O) groups excluding carboxylic acids is 1. The molecule has 0 saturated heterocycles. The Morgan fingerprint density at radius 1 is 0.758 bits per heavy atom. The summed E-state index contributed by atoms with van der Waals surface area (Å²) in [6, 6.07) is 36.4. The third kappa shape index (κ3) is 5.66. The maximum absolute atomic E-state index is 13.2. The summed E-state index contributed by atoms with van der Waals surface area (Å²) < 4.78 is 0. The van der Waals surface area contributed by atoms with Gasteiger partial charge >= 0.3 is 6.03 Å². The van der Waals surface area contributed by atoms with Crippen molar-refractivity contribution in [2.45, 2.75) is 18.4 Å². The zero-order chi connectivity index (χ0) is 22.9. The van der Waals surface area contributed by atoms with Gasteiger partial charge in [-0.05, 0) is 35.2 Å². The van der Waals surface area contributed by atoms with Crippen LogP contribution in [0.5, 0.6) is 0 Å². The molecule has 4 nitrogen and oxygen atoms in total. The molecule has 4 rings (SSSR count). The van der Waals surface area contributed by atoms with Crippen LogP contribution in [0.1, 0.15) is 40.8 Å². The molecule has 4 heteroatoms. The van der Waals surface area contributed by atoms with Gasteiger partial charge in [-0.1, -0.05) is 97.1 Å². The lowest BCUT2D eigenvalue weighted by Gasteiger charge is -2.29. The van der Waals surface area contributed by atoms with Gasteiger partial charge in [0.1, 0.15) is 6.04 Å². The standard InChI is InChI=1S/C29H29N3O/c1-32(28(25-17-9-4-10-18-25)27-19-11-12-21-30-27)29(33)31-22-20-26(23-13-5-2-6-14-23)24-15-7-3-8-16-24/h2-19,21,26,28H,20,22H2,1H3,(H,31,33)/t28-/m0/s1. The SMILES string of the molecule is CN(C(=O)NCCC(c1ccccc1)c1ccccc1)[C@@H](c1ccccc1)c1ccccn1. The topological polar surface area (TPSA) is 45.2 Å². The summed E-state index contributed by atoms with van der Waals surface area (Å²) in [7, 11) is 1.83. The summed E-state index contributed by atoms with van der Waals surface area (Å²) in [5, 5.41) is 3.13. The number of aromatic nitrogens is 1. The van der Waals surface area contributed by atoms with E-state index < -0.39 is 0 Å². The molecule has 0 aliphatic heterocycles. The Kier molecular flexibility index (Phi) is 7.49. The fourth-order valence-corrected chi connectivity index (χ4v) is 4.23. The van der Waals surface area contributed by atoms with Gasteiger partial charge in [-0.3, -0.25) is 4.98 Å². The normalized spacial score (nSPS) is 11.7. The van der Waals surface area contributed by atoms with Crippen LogP contribution in [0.3, 0.4) is 0 Å². The summed E-state index contributed by atoms with van der Waals surface area (Å²) in [5.41, 5.74) is 4.37. The summed E-state index contributed by atoms with van der Waals surface area (Å²) >= 11 is 0. The van der Waals surface area contributed by atoms with Crippen LogP contribution in [-0.2, 0) is 0 Å². The molecule has 0 aliphatic carbocycles. The van der Waals surface area contributed by atoms with Crippen LogP contribution in [0.2, 0.25) is 0 Å². The Labute approximate surface area is 195 Å². The number of benzene rings is 3. The van der Waals surface area contributed by atoms with Crippen LogP contribution < -0.4 is 5.32 Å². The quantitative estimate of drug-likeness (QED) is 0.367. The van der Waals surface area contributed by atoms with Crippen LogP contribution in [0.4, 0.5) is 4.79 Å². The molecule has 1 N–H and O–H groups in total. The molecule has 2 amide bonds. The fourth-order valence-electron chi connectivity index (χ4n) is 4.23. The van der Waals surface area contributed by atoms with Crippen molar-refractivity contribution >= 4 is 6.03 Å². The first kappa shape index (κ1) is 22.3. The molecule has 0 spiro atoms. The molecule has 0 saturated carbocycles. The van der Waals surface area contributed by atoms with E-state index in [1.54, 1.807) is 11.1 Å². The van der Waals surface area contributed by atoms with Crippen molar-refractivity contribution in [3.8, 4) is 0 Å². The van der Waals surface area contributed by atoms with E-state index in [0.29, 0.717) is 6.54 Å². The second-order valence-electron chi connectivity index (χ2n) is 8.07. The average Bonchev–Trinajstić information content (AvgIpc) is 2.89. The van der Waals surface area contributed by atoms with Gasteiger partial charge in [-0.2, -0.15) is 0 Å². The van der Waals surface area contributed by atoms with E-state index in [1.807, 2.05) is 67.7 Å². The second-order valence-corrected chi connectivity index (χ2v) is 8.07. The van der Waals surface area contributed by atoms with E-state index in [0.717, 1.165) is 17.7 Å². The van der Waals surface area contributed by atoms with Crippen LogP contribution in [0, 0.1) is 0 Å². The van der Waals surface area contributed by atoms with E-state index in [9.17, 15) is 4.79 Å². The Morgan fingerprint density at radius 2 is 1.27 bits per heavy atom. The van der Waals surface area contributed by atoms with Gasteiger partial charge in [0.15, 0.2) is 0 Å². The van der Waals surface area contributed by atoms with Gasteiger partial charge < -0.3 is 10.2 Å². The molecule has 166 valence electrons. The van der Waals surface area contributed by atoms with Gasteiger partial charge in [0.05, 0.1) is 5.69 Å². The maximum Gasteiger partial charge on any atom is 0.317 e. The molecule has 0 radical (unpaired) electrons. The molecule has 33 heavy (non-hydrogen) atoms. The van der Waals surface area contributed by atoms with E-state index in [4.69, 9.17) is 0 Å². The zero-order valence-electron chi connectivity index (χ0n) is 18.8. The van der Waals surface area contributed by atoms with Crippen LogP contribution in [0.25, 0.3) is 0 Å². The number of hydrogen-bond acceptors (Lipinski definition) is 2. The summed E-state index contributed by atoms with van der Waals surface area (Å²) in [6.45, 7) is 0.571. The number of carbonyl (C=O) groups is 1. The predicted molar refractivity (Wildman–Crippen MR) is 133 cm³/mol. The third-order valence-electron chi connectivity index (χ3n) is 5.90. The Balaban J connectivity index is 1.47. The molecule has 1 aromatic heterocycles. The number of hydrogen-bond donors (Lipinski definition) is 1. The molecular weight excluding hydrogens is 406 g/mol. The Morgan fingerprint density at radius 3 is 1.79 bits per heavy atom. The lowest BCUT2D eigenvalue weighted by atomic mass is 9.88. The summed E-state index contributed by atoms with van der Waals surface area (Å²) in [5.74, 6) is 0.221. The lowest BCUT2D eigenvalue weighted by molar-refractivity contribution is 0.197. The van der Waals surface area contributed by atoms with Crippen molar-refractivity contribution in [3.63, 3.8) is 0 Å². The molecule has 0 aliphatic rings. The molecule has 0 bridgehead atoms. The van der Waals surface area contributed by atoms with Gasteiger partial charge in [-0.25, -0.2) is 4.79 Å². The highest BCUT2D eigenvalue weighted by Gasteiger charge is 2.24. The number of amides is 2. The maximum atomic E-state index is 13.2. The number of nitrogens with one attached hydrogen (secondary N) is 1. The first-order chi connectivity index (χ1) is 16.2. The van der Waals surface area contributed by atoms with Gasteiger partial charge in [0, 0.05) is 25.7 Å². The minimum absolute atomic E-state index is 0.116. The van der Waals surface area contributed by atoms with Crippen LogP contribution in [0.15, 0.2) is 115 Å². The fraction of sp³-hybridized carbons (Fsp3) is 0.172. The molecule has 1 heterocycles. The van der Waals surface area contributed by atoms with E-state index in [2.05, 4.69) is 58.8 Å². The molecule has 3 aromatic carbocycles. The molecule has 1 atom stereocenters. The van der Waals surface area contributed by atoms with Gasteiger partial charge in [-0.15, -0.1) is 0 Å². The largest absolute Gasteiger partial charge is 0.338 e. The molecule has 4 aromatic rings. The van der Waals surface area contributed by atoms with E-state index in [-0.39, 0.29) is 18.0 Å². The van der Waals surface area contributed by atoms with Crippen molar-refractivity contribution in [3.05, 3.63) is 138 Å². The third-order valence-corrected chi connectivity index (χ3v) is 5.90. The minimum Gasteiger partial charge on any atom is -0.338 e. The second kappa shape index (κ2) is 11.1. The van der Waals surface area contributed by atoms with E-state index >= 15 is 0 Å². The van der Waals surface area contributed by atoms with Crippen LogP contribution in [-0.4, -0.2) is 29.5 Å². The van der Waals surface area contributed by atoms with Crippen molar-refractivity contribution in [1.82, 2.24) is 15.2 Å². The van der Waals surface area contributed by atoms with Crippen LogP contribution >= 0.6 is 0 Å². The summed E-state index contributed by atoms with van der Waals surface area (Å²) in [4.78, 5) is 19.4. The zero-order valence-corrected chi connectivity index (χ0v) is 18.8. The smallest absolute Gasteiger partial charge is 0.317 e. The van der Waals surface area contributed by atoms with Crippen molar-refractivity contribution in [2.24, 2.45) is 0 Å². The first-order valence-corrected chi connectivity index (χ1v) is 11.3. The lowest BCUT2D eigenvalue weighted by Crippen LogP contribution is -2.41. The number of nitrogens with zero attached hydrogens (tertiary/aromatic N) is 2. The Hall–Kier alpha value is -3.92. The average molecular weight is 436 g/mol. The highest BCUT2D eigenvalue weighted by molar-refractivity contribution is 5.75. The minimum atomic E-state index is -0.258.